The number of isocyanates is 2. The molecule has 0 aliphatic carbocycles. The van der Waals surface area contributed by atoms with Crippen LogP contribution in [0.2, 0.25) is 0 Å². The number of hydrogen-bond acceptors (Lipinski definition) is 7. The molecule has 0 aliphatic rings. The summed E-state index contributed by atoms with van der Waals surface area (Å²) in [6.07, 6.45) is 2.55. The number of ether oxygens (including phenoxy) is 1. The topological polar surface area (TPSA) is 128 Å². The van der Waals surface area contributed by atoms with Crippen molar-refractivity contribution in [1.82, 2.24) is 0 Å². The summed E-state index contributed by atoms with van der Waals surface area (Å²) in [7, 11) is 0. The minimum atomic E-state index is -0.501. The van der Waals surface area contributed by atoms with E-state index >= 15 is 0 Å². The lowest BCUT2D eigenvalue weighted by molar-refractivity contribution is -0.138. The van der Waals surface area contributed by atoms with Crippen LogP contribution in [-0.4, -0.2) is 36.4 Å². The van der Waals surface area contributed by atoms with Crippen molar-refractivity contribution in [1.29, 1.82) is 10.8 Å². The Morgan fingerprint density at radius 1 is 1.43 bits per heavy atom. The van der Waals surface area contributed by atoms with Crippen molar-refractivity contribution < 1.29 is 24.2 Å². The van der Waals surface area contributed by atoms with Crippen molar-refractivity contribution in [2.75, 3.05) is 13.2 Å². The van der Waals surface area contributed by atoms with Crippen LogP contribution >= 0.6 is 0 Å². The Hall–Kier alpha value is -2.07. The maximum Gasteiger partial charge on any atom is 0.330 e. The maximum atomic E-state index is 10.1. The van der Waals surface area contributed by atoms with Gasteiger partial charge in [0.05, 0.1) is 6.61 Å². The number of esters is 1. The van der Waals surface area contributed by atoms with E-state index in [2.05, 4.69) is 11.3 Å². The molecule has 0 saturated heterocycles. The number of nitrogens with one attached hydrogen (secondary N) is 2. The van der Waals surface area contributed by atoms with E-state index in [0.717, 1.165) is 18.2 Å². The van der Waals surface area contributed by atoms with Gasteiger partial charge in [-0.05, 0) is 0 Å². The molecule has 0 aromatic carbocycles. The Kier molecular flexibility index (Phi) is 28.6. The van der Waals surface area contributed by atoms with E-state index in [1.54, 1.807) is 0 Å². The molecule has 78 valence electrons. The average molecular weight is 202 g/mol. The van der Waals surface area contributed by atoms with Crippen molar-refractivity contribution >= 4 is 18.1 Å². The van der Waals surface area contributed by atoms with E-state index in [1.807, 2.05) is 0 Å². The molecule has 7 heteroatoms. The zero-order valence-corrected chi connectivity index (χ0v) is 7.28. The van der Waals surface area contributed by atoms with Gasteiger partial charge in [0.2, 0.25) is 12.2 Å². The summed E-state index contributed by atoms with van der Waals surface area (Å²) < 4.78 is 4.33. The molecule has 0 fully saturated rings. The standard InChI is InChI=1S/C5H8O3.2CHNO/c1-2-5(7)8-4-3-6;2*2-1-3/h2,6H,1,3-4H2;2*2H. The molecule has 0 amide bonds. The molecule has 0 aromatic heterocycles. The first-order valence-electron chi connectivity index (χ1n) is 3.12. The van der Waals surface area contributed by atoms with E-state index in [0.29, 0.717) is 0 Å². The van der Waals surface area contributed by atoms with E-state index in [4.69, 9.17) is 25.5 Å². The zero-order valence-electron chi connectivity index (χ0n) is 7.28. The lowest BCUT2D eigenvalue weighted by Gasteiger charge is -1.94. The molecule has 0 aromatic rings. The third-order valence-electron chi connectivity index (χ3n) is 0.502. The smallest absolute Gasteiger partial charge is 0.330 e. The minimum absolute atomic E-state index is 0.0465. The highest BCUT2D eigenvalue weighted by Crippen LogP contribution is 1.75. The summed E-state index contributed by atoms with van der Waals surface area (Å²) in [5.41, 5.74) is 0. The van der Waals surface area contributed by atoms with Crippen LogP contribution in [0.15, 0.2) is 12.7 Å². The molecule has 14 heavy (non-hydrogen) atoms. The van der Waals surface area contributed by atoms with Crippen molar-refractivity contribution in [2.45, 2.75) is 0 Å². The van der Waals surface area contributed by atoms with E-state index in [-0.39, 0.29) is 13.2 Å². The predicted octanol–water partition coefficient (Wildman–Crippen LogP) is -0.490. The number of aliphatic hydroxyl groups excluding tert-OH is 1. The first-order valence-corrected chi connectivity index (χ1v) is 3.12. The molecule has 0 rings (SSSR count). The second-order valence-corrected chi connectivity index (χ2v) is 1.30. The summed E-state index contributed by atoms with van der Waals surface area (Å²) in [5.74, 6) is -0.501. The van der Waals surface area contributed by atoms with Crippen LogP contribution in [0, 0.1) is 10.8 Å². The number of carbonyl (C=O) groups is 1. The third kappa shape index (κ3) is 51.3. The molecular weight excluding hydrogens is 192 g/mol. The number of aliphatic hydroxyl groups is 1. The monoisotopic (exact) mass is 202 g/mol. The predicted molar refractivity (Wildman–Crippen MR) is 45.1 cm³/mol. The van der Waals surface area contributed by atoms with Gasteiger partial charge in [-0.25, -0.2) is 25.2 Å². The fraction of sp³-hybridized carbons (Fsp3) is 0.286. The van der Waals surface area contributed by atoms with Crippen LogP contribution in [0.4, 0.5) is 0 Å². The van der Waals surface area contributed by atoms with Crippen LogP contribution < -0.4 is 0 Å². The summed E-state index contributed by atoms with van der Waals surface area (Å²) in [4.78, 5) is 26.8. The van der Waals surface area contributed by atoms with Crippen molar-refractivity contribution in [3.8, 4) is 0 Å². The van der Waals surface area contributed by atoms with Crippen LogP contribution in [0.3, 0.4) is 0 Å². The molecule has 0 spiro atoms. The van der Waals surface area contributed by atoms with Gasteiger partial charge in [-0.1, -0.05) is 6.58 Å². The highest BCUT2D eigenvalue weighted by molar-refractivity contribution is 5.81. The van der Waals surface area contributed by atoms with Gasteiger partial charge in [0.25, 0.3) is 0 Å². The molecule has 7 nitrogen and oxygen atoms in total. The van der Waals surface area contributed by atoms with Gasteiger partial charge in [-0.3, -0.25) is 0 Å². The Morgan fingerprint density at radius 3 is 2.00 bits per heavy atom. The first-order chi connectivity index (χ1) is 6.64. The second kappa shape index (κ2) is 22.4. The van der Waals surface area contributed by atoms with E-state index in [1.165, 1.54) is 0 Å². The minimum Gasteiger partial charge on any atom is -0.460 e. The first kappa shape index (κ1) is 17.9. The third-order valence-corrected chi connectivity index (χ3v) is 0.502. The average Bonchev–Trinajstić information content (AvgIpc) is 2.16. The van der Waals surface area contributed by atoms with Crippen LogP contribution in [0.1, 0.15) is 0 Å². The Balaban J connectivity index is -0.000000168. The SMILES string of the molecule is C=CC(=O)OCCO.N=C=O.N=C=O. The fourth-order valence-electron chi connectivity index (χ4n) is 0.205. The van der Waals surface area contributed by atoms with Crippen molar-refractivity contribution in [2.24, 2.45) is 0 Å². The number of rotatable bonds is 3. The van der Waals surface area contributed by atoms with Crippen LogP contribution in [0.5, 0.6) is 0 Å². The quantitative estimate of drug-likeness (QED) is 0.246. The Bertz CT molecular complexity index is 202. The van der Waals surface area contributed by atoms with Crippen molar-refractivity contribution in [3.63, 3.8) is 0 Å². The summed E-state index contributed by atoms with van der Waals surface area (Å²) in [5, 5.41) is 18.9. The fourth-order valence-corrected chi connectivity index (χ4v) is 0.205. The molecule has 0 atom stereocenters. The van der Waals surface area contributed by atoms with Gasteiger partial charge in [0.1, 0.15) is 6.61 Å². The summed E-state index contributed by atoms with van der Waals surface area (Å²) in [6, 6.07) is 0. The molecular formula is C7H10N2O5. The van der Waals surface area contributed by atoms with Gasteiger partial charge >= 0.3 is 5.97 Å². The number of hydrogen-bond donors (Lipinski definition) is 3. The molecule has 0 radical (unpaired) electrons. The molecule has 0 unspecified atom stereocenters. The van der Waals surface area contributed by atoms with Gasteiger partial charge in [-0.2, -0.15) is 0 Å². The Labute approximate surface area is 80.0 Å². The van der Waals surface area contributed by atoms with Gasteiger partial charge in [0.15, 0.2) is 0 Å². The summed E-state index contributed by atoms with van der Waals surface area (Å²) >= 11 is 0. The second-order valence-electron chi connectivity index (χ2n) is 1.30. The van der Waals surface area contributed by atoms with E-state index < -0.39 is 5.97 Å². The highest BCUT2D eigenvalue weighted by atomic mass is 16.5. The van der Waals surface area contributed by atoms with E-state index in [9.17, 15) is 4.79 Å². The number of carbonyl (C=O) groups excluding carboxylic acids is 3. The van der Waals surface area contributed by atoms with Gasteiger partial charge < -0.3 is 9.84 Å². The van der Waals surface area contributed by atoms with Crippen molar-refractivity contribution in [3.05, 3.63) is 12.7 Å². The van der Waals surface area contributed by atoms with Gasteiger partial charge in [-0.15, -0.1) is 0 Å². The molecule has 0 saturated carbocycles. The molecule has 0 aliphatic heterocycles. The molecule has 0 heterocycles. The zero-order chi connectivity index (χ0) is 11.8. The lowest BCUT2D eigenvalue weighted by Crippen LogP contribution is -2.04. The summed E-state index contributed by atoms with van der Waals surface area (Å²) in [6.45, 7) is 3.06. The lowest BCUT2D eigenvalue weighted by atomic mass is 10.6. The normalized spacial score (nSPS) is 5.79. The Morgan fingerprint density at radius 2 is 1.79 bits per heavy atom. The highest BCUT2D eigenvalue weighted by Gasteiger charge is 1.90. The van der Waals surface area contributed by atoms with Gasteiger partial charge in [0, 0.05) is 6.08 Å². The van der Waals surface area contributed by atoms with Crippen LogP contribution in [-0.2, 0) is 19.1 Å². The maximum absolute atomic E-state index is 10.1. The molecule has 0 bridgehead atoms. The van der Waals surface area contributed by atoms with Crippen LogP contribution in [0.25, 0.3) is 0 Å². The molecule has 3 N–H and O–H groups in total. The largest absolute Gasteiger partial charge is 0.460 e.